The first-order valence-corrected chi connectivity index (χ1v) is 4.06. The number of hydrogen-bond acceptors (Lipinski definition) is 3. The number of nitrogens with zero attached hydrogens (tertiary/aromatic N) is 1. The lowest BCUT2D eigenvalue weighted by atomic mass is 10.2. The molecule has 0 amide bonds. The molecule has 0 aromatic carbocycles. The molecule has 1 unspecified atom stereocenters. The molecular weight excluding hydrogens is 191 g/mol. The zero-order valence-corrected chi connectivity index (χ0v) is 6.69. The van der Waals surface area contributed by atoms with E-state index in [0.29, 0.717) is 0 Å². The summed E-state index contributed by atoms with van der Waals surface area (Å²) in [5.74, 6) is 0. The number of aliphatic hydroxyl groups excluding tert-OH is 1. The molecule has 1 atom stereocenters. The van der Waals surface area contributed by atoms with E-state index in [9.17, 15) is 13.2 Å². The molecule has 68 valence electrons. The van der Waals surface area contributed by atoms with E-state index in [2.05, 4.69) is 4.98 Å². The van der Waals surface area contributed by atoms with Crippen molar-refractivity contribution in [2.45, 2.75) is 18.7 Å². The van der Waals surface area contributed by atoms with Crippen molar-refractivity contribution in [1.82, 2.24) is 4.98 Å². The number of halogens is 3. The third kappa shape index (κ3) is 2.46. The molecule has 1 heterocycles. The Hall–Kier alpha value is -0.620. The van der Waals surface area contributed by atoms with Crippen molar-refractivity contribution in [2.24, 2.45) is 0 Å². The van der Waals surface area contributed by atoms with Crippen molar-refractivity contribution < 1.29 is 18.3 Å². The summed E-state index contributed by atoms with van der Waals surface area (Å²) in [7, 11) is 0. The third-order valence-corrected chi connectivity index (χ3v) is 1.90. The summed E-state index contributed by atoms with van der Waals surface area (Å²) in [6, 6.07) is 0. The van der Waals surface area contributed by atoms with Crippen LogP contribution in [0.3, 0.4) is 0 Å². The molecule has 0 saturated heterocycles. The Balaban J connectivity index is 2.53. The third-order valence-electron chi connectivity index (χ3n) is 1.26. The van der Waals surface area contributed by atoms with Gasteiger partial charge in [0, 0.05) is 11.8 Å². The largest absolute Gasteiger partial charge is 0.414 e. The summed E-state index contributed by atoms with van der Waals surface area (Å²) in [4.78, 5) is 3.63. The predicted octanol–water partition coefficient (Wildman–Crippen LogP) is 1.61. The van der Waals surface area contributed by atoms with Gasteiger partial charge in [-0.3, -0.25) is 0 Å². The lowest BCUT2D eigenvalue weighted by Gasteiger charge is -2.12. The highest BCUT2D eigenvalue weighted by atomic mass is 32.1. The molecule has 12 heavy (non-hydrogen) atoms. The van der Waals surface area contributed by atoms with Gasteiger partial charge in [0.25, 0.3) is 0 Å². The molecule has 0 spiro atoms. The molecule has 6 heteroatoms. The molecule has 1 aromatic heterocycles. The van der Waals surface area contributed by atoms with Crippen molar-refractivity contribution >= 4 is 11.3 Å². The van der Waals surface area contributed by atoms with E-state index in [1.807, 2.05) is 0 Å². The monoisotopic (exact) mass is 197 g/mol. The van der Waals surface area contributed by atoms with Crippen molar-refractivity contribution in [3.05, 3.63) is 16.6 Å². The van der Waals surface area contributed by atoms with Gasteiger partial charge in [-0.15, -0.1) is 11.3 Å². The molecule has 0 aliphatic carbocycles. The maximum Gasteiger partial charge on any atom is 0.414 e. The van der Waals surface area contributed by atoms with Crippen LogP contribution in [0.2, 0.25) is 0 Å². The summed E-state index contributed by atoms with van der Waals surface area (Å²) in [5, 5.41) is 10.1. The van der Waals surface area contributed by atoms with Gasteiger partial charge in [0.1, 0.15) is 0 Å². The van der Waals surface area contributed by atoms with Gasteiger partial charge in [0.05, 0.1) is 11.2 Å². The first kappa shape index (κ1) is 9.47. The van der Waals surface area contributed by atoms with Gasteiger partial charge in [-0.05, 0) is 0 Å². The number of alkyl halides is 3. The number of aliphatic hydroxyl groups is 1. The molecule has 0 bridgehead atoms. The van der Waals surface area contributed by atoms with Gasteiger partial charge in [-0.1, -0.05) is 0 Å². The van der Waals surface area contributed by atoms with Crippen LogP contribution in [0.15, 0.2) is 10.9 Å². The molecular formula is C6H6F3NOS. The minimum Gasteiger partial charge on any atom is -0.383 e. The van der Waals surface area contributed by atoms with E-state index in [1.165, 1.54) is 22.2 Å². The molecule has 2 nitrogen and oxygen atoms in total. The van der Waals surface area contributed by atoms with E-state index < -0.39 is 18.7 Å². The fourth-order valence-corrected chi connectivity index (χ4v) is 1.22. The second-order valence-corrected chi connectivity index (χ2v) is 2.96. The van der Waals surface area contributed by atoms with E-state index in [1.54, 1.807) is 0 Å². The zero-order chi connectivity index (χ0) is 9.19. The maximum absolute atomic E-state index is 11.8. The smallest absolute Gasteiger partial charge is 0.383 e. The van der Waals surface area contributed by atoms with Gasteiger partial charge < -0.3 is 5.11 Å². The SMILES string of the molecule is OC(Cc1cscn1)C(F)(F)F. The van der Waals surface area contributed by atoms with E-state index >= 15 is 0 Å². The van der Waals surface area contributed by atoms with Crippen LogP contribution in [0.1, 0.15) is 5.69 Å². The fourth-order valence-electron chi connectivity index (χ4n) is 0.652. The molecule has 0 aliphatic rings. The summed E-state index contributed by atoms with van der Waals surface area (Å²) in [5.41, 5.74) is 1.70. The molecule has 0 fully saturated rings. The van der Waals surface area contributed by atoms with Crippen LogP contribution >= 0.6 is 11.3 Å². The highest BCUT2D eigenvalue weighted by Crippen LogP contribution is 2.22. The Kier molecular flexibility index (Phi) is 2.69. The van der Waals surface area contributed by atoms with Gasteiger partial charge in [0.15, 0.2) is 6.10 Å². The van der Waals surface area contributed by atoms with E-state index in [0.717, 1.165) is 0 Å². The molecule has 1 aromatic rings. The highest BCUT2D eigenvalue weighted by molar-refractivity contribution is 7.07. The lowest BCUT2D eigenvalue weighted by Crippen LogP contribution is -2.30. The zero-order valence-electron chi connectivity index (χ0n) is 5.88. The van der Waals surface area contributed by atoms with Crippen LogP contribution in [0.4, 0.5) is 13.2 Å². The number of thiazole rings is 1. The fraction of sp³-hybridized carbons (Fsp3) is 0.500. The summed E-state index contributed by atoms with van der Waals surface area (Å²) in [6.07, 6.45) is -7.32. The van der Waals surface area contributed by atoms with E-state index in [-0.39, 0.29) is 5.69 Å². The van der Waals surface area contributed by atoms with E-state index in [4.69, 9.17) is 5.11 Å². The minimum atomic E-state index is -4.55. The molecule has 0 radical (unpaired) electrons. The lowest BCUT2D eigenvalue weighted by molar-refractivity contribution is -0.203. The van der Waals surface area contributed by atoms with Crippen molar-refractivity contribution in [2.75, 3.05) is 0 Å². The van der Waals surface area contributed by atoms with Gasteiger partial charge >= 0.3 is 6.18 Å². The Morgan fingerprint density at radius 2 is 2.25 bits per heavy atom. The molecule has 1 rings (SSSR count). The Bertz CT molecular complexity index is 233. The Morgan fingerprint density at radius 1 is 1.58 bits per heavy atom. The average molecular weight is 197 g/mol. The van der Waals surface area contributed by atoms with Crippen molar-refractivity contribution in [3.8, 4) is 0 Å². The van der Waals surface area contributed by atoms with Gasteiger partial charge in [0.2, 0.25) is 0 Å². The summed E-state index contributed by atoms with van der Waals surface area (Å²) < 4.78 is 35.3. The quantitative estimate of drug-likeness (QED) is 0.781. The summed E-state index contributed by atoms with van der Waals surface area (Å²) >= 11 is 1.20. The van der Waals surface area contributed by atoms with Gasteiger partial charge in [-0.25, -0.2) is 4.98 Å². The standard InChI is InChI=1S/C6H6F3NOS/c7-6(8,9)5(11)1-4-2-12-3-10-4/h2-3,5,11H,1H2. The molecule has 0 aliphatic heterocycles. The molecule has 0 saturated carbocycles. The van der Waals surface area contributed by atoms with Crippen LogP contribution in [0.25, 0.3) is 0 Å². The van der Waals surface area contributed by atoms with Crippen LogP contribution in [-0.4, -0.2) is 22.4 Å². The normalized spacial score (nSPS) is 14.7. The number of rotatable bonds is 2. The first-order valence-electron chi connectivity index (χ1n) is 3.12. The predicted molar refractivity (Wildman–Crippen MR) is 37.9 cm³/mol. The Labute approximate surface area is 70.7 Å². The summed E-state index contributed by atoms with van der Waals surface area (Å²) in [6.45, 7) is 0. The average Bonchev–Trinajstić information content (AvgIpc) is 2.37. The molecule has 1 N–H and O–H groups in total. The van der Waals surface area contributed by atoms with Crippen LogP contribution in [-0.2, 0) is 6.42 Å². The van der Waals surface area contributed by atoms with Crippen molar-refractivity contribution in [1.29, 1.82) is 0 Å². The van der Waals surface area contributed by atoms with Gasteiger partial charge in [-0.2, -0.15) is 13.2 Å². The number of aromatic nitrogens is 1. The number of hydrogen-bond donors (Lipinski definition) is 1. The maximum atomic E-state index is 11.8. The second-order valence-electron chi connectivity index (χ2n) is 2.24. The van der Waals surface area contributed by atoms with Crippen LogP contribution < -0.4 is 0 Å². The second kappa shape index (κ2) is 3.40. The Morgan fingerprint density at radius 3 is 2.67 bits per heavy atom. The highest BCUT2D eigenvalue weighted by Gasteiger charge is 2.38. The van der Waals surface area contributed by atoms with Crippen LogP contribution in [0.5, 0.6) is 0 Å². The topological polar surface area (TPSA) is 33.1 Å². The van der Waals surface area contributed by atoms with Crippen LogP contribution in [0, 0.1) is 0 Å². The first-order chi connectivity index (χ1) is 5.50. The van der Waals surface area contributed by atoms with Crippen molar-refractivity contribution in [3.63, 3.8) is 0 Å². The minimum absolute atomic E-state index is 0.268.